The van der Waals surface area contributed by atoms with Crippen molar-refractivity contribution in [3.8, 4) is 40.6 Å². The highest BCUT2D eigenvalue weighted by Crippen LogP contribution is 2.61. The van der Waals surface area contributed by atoms with Crippen LogP contribution in [0.4, 0.5) is 0 Å². The SMILES string of the molecule is COc1c2c(c(O)c3c1C[C@H]1[C@H](C#N)N4[C@@H](CN5C(=O)c6ccccc6C5=O)c5c(O)c6c(c(OC)c5C[C@H]4[C@@H]3N1C)CC(C)(C)O6)OC(C)(C)C2. The molecule has 1 saturated heterocycles. The number of piperazine rings is 1. The number of amides is 2. The van der Waals surface area contributed by atoms with Gasteiger partial charge in [-0.05, 0) is 59.7 Å². The number of nitrogens with zero attached hydrogens (tertiary/aromatic N) is 4. The molecule has 0 unspecified atom stereocenters. The molecule has 6 aliphatic rings. The van der Waals surface area contributed by atoms with Gasteiger partial charge in [-0.1, -0.05) is 12.1 Å². The molecule has 3 aromatic rings. The van der Waals surface area contributed by atoms with Crippen molar-refractivity contribution in [3.63, 3.8) is 0 Å². The lowest BCUT2D eigenvalue weighted by molar-refractivity contribution is -0.0761. The van der Waals surface area contributed by atoms with E-state index >= 15 is 0 Å². The van der Waals surface area contributed by atoms with Crippen LogP contribution in [0, 0.1) is 11.3 Å². The first-order valence-corrected chi connectivity index (χ1v) is 17.8. The molecule has 0 spiro atoms. The Kier molecular flexibility index (Phi) is 6.81. The first-order valence-electron chi connectivity index (χ1n) is 17.8. The molecule has 0 saturated carbocycles. The van der Waals surface area contributed by atoms with E-state index in [1.54, 1.807) is 38.5 Å². The first-order chi connectivity index (χ1) is 24.7. The van der Waals surface area contributed by atoms with E-state index in [-0.39, 0.29) is 24.1 Å². The zero-order valence-corrected chi connectivity index (χ0v) is 30.4. The number of likely N-dealkylation sites (N-methyl/N-ethyl adjacent to an activating group) is 1. The van der Waals surface area contributed by atoms with E-state index in [0.29, 0.717) is 70.9 Å². The van der Waals surface area contributed by atoms with Crippen molar-refractivity contribution in [1.29, 1.82) is 5.26 Å². The fourth-order valence-electron chi connectivity index (χ4n) is 10.3. The highest BCUT2D eigenvalue weighted by Gasteiger charge is 2.59. The summed E-state index contributed by atoms with van der Waals surface area (Å²) < 4.78 is 25.0. The smallest absolute Gasteiger partial charge is 0.261 e. The average Bonchev–Trinajstić information content (AvgIpc) is 3.69. The van der Waals surface area contributed by atoms with Crippen LogP contribution in [0.2, 0.25) is 0 Å². The number of carbonyl (C=O) groups excluding carboxylic acids is 2. The molecule has 9 rings (SSSR count). The Morgan fingerprint density at radius 1 is 0.827 bits per heavy atom. The van der Waals surface area contributed by atoms with E-state index in [2.05, 4.69) is 15.9 Å². The van der Waals surface area contributed by atoms with Crippen molar-refractivity contribution >= 4 is 11.8 Å². The highest BCUT2D eigenvalue weighted by atomic mass is 16.5. The lowest BCUT2D eigenvalue weighted by Crippen LogP contribution is -2.68. The van der Waals surface area contributed by atoms with Gasteiger partial charge in [0.2, 0.25) is 0 Å². The Balaban J connectivity index is 1.28. The third-order valence-corrected chi connectivity index (χ3v) is 12.2. The van der Waals surface area contributed by atoms with Gasteiger partial charge in [-0.15, -0.1) is 0 Å². The van der Waals surface area contributed by atoms with E-state index < -0.39 is 47.2 Å². The summed E-state index contributed by atoms with van der Waals surface area (Å²) in [4.78, 5) is 33.3. The van der Waals surface area contributed by atoms with Gasteiger partial charge < -0.3 is 29.2 Å². The molecule has 3 aromatic carbocycles. The number of hydrogen-bond donors (Lipinski definition) is 2. The quantitative estimate of drug-likeness (QED) is 0.367. The molecule has 2 N–H and O–H groups in total. The fourth-order valence-corrected chi connectivity index (χ4v) is 10.3. The number of phenolic OH excluding ortho intramolecular Hbond substituents is 2. The summed E-state index contributed by atoms with van der Waals surface area (Å²) in [5.41, 5.74) is 3.76. The van der Waals surface area contributed by atoms with Gasteiger partial charge in [-0.2, -0.15) is 5.26 Å². The van der Waals surface area contributed by atoms with E-state index in [4.69, 9.17) is 18.9 Å². The molecular weight excluding hydrogens is 664 g/mol. The fraction of sp³-hybridized carbons (Fsp3) is 0.475. The van der Waals surface area contributed by atoms with Crippen LogP contribution in [0.3, 0.4) is 0 Å². The number of benzene rings is 3. The van der Waals surface area contributed by atoms with Crippen LogP contribution >= 0.6 is 0 Å². The number of fused-ring (bicyclic) bond motifs is 10. The zero-order valence-electron chi connectivity index (χ0n) is 30.4. The Labute approximate surface area is 302 Å². The molecular formula is C40H42N4O8. The number of nitriles is 1. The summed E-state index contributed by atoms with van der Waals surface area (Å²) in [7, 11) is 5.21. The molecule has 52 heavy (non-hydrogen) atoms. The number of methoxy groups -OCH3 is 2. The maximum Gasteiger partial charge on any atom is 0.261 e. The van der Waals surface area contributed by atoms with Gasteiger partial charge in [0.15, 0.2) is 23.0 Å². The summed E-state index contributed by atoms with van der Waals surface area (Å²) in [5, 5.41) is 35.5. The van der Waals surface area contributed by atoms with Gasteiger partial charge >= 0.3 is 0 Å². The van der Waals surface area contributed by atoms with Crippen molar-refractivity contribution in [2.75, 3.05) is 27.8 Å². The number of phenols is 2. The number of imide groups is 1. The second-order valence-electron chi connectivity index (χ2n) is 16.2. The van der Waals surface area contributed by atoms with Crippen LogP contribution in [0.5, 0.6) is 34.5 Å². The average molecular weight is 707 g/mol. The minimum atomic E-state index is -0.818. The van der Waals surface area contributed by atoms with Crippen LogP contribution in [-0.2, 0) is 25.7 Å². The van der Waals surface area contributed by atoms with Gasteiger partial charge in [0.05, 0.1) is 43.5 Å². The number of hydrogen-bond acceptors (Lipinski definition) is 11. The zero-order chi connectivity index (χ0) is 36.8. The van der Waals surface area contributed by atoms with Crippen LogP contribution in [0.15, 0.2) is 24.3 Å². The maximum atomic E-state index is 13.9. The lowest BCUT2D eigenvalue weighted by atomic mass is 9.71. The molecule has 12 heteroatoms. The highest BCUT2D eigenvalue weighted by molar-refractivity contribution is 6.21. The van der Waals surface area contributed by atoms with Crippen LogP contribution in [-0.4, -0.2) is 93.9 Å². The van der Waals surface area contributed by atoms with E-state index in [0.717, 1.165) is 22.3 Å². The summed E-state index contributed by atoms with van der Waals surface area (Å²) in [5.74, 6) is 1.10. The summed E-state index contributed by atoms with van der Waals surface area (Å²) in [6, 6.07) is 6.49. The summed E-state index contributed by atoms with van der Waals surface area (Å²) in [6.45, 7) is 7.73. The van der Waals surface area contributed by atoms with Crippen molar-refractivity contribution < 1.29 is 38.7 Å². The third kappa shape index (κ3) is 4.20. The number of carbonyl (C=O) groups is 2. The van der Waals surface area contributed by atoms with Gasteiger partial charge in [0, 0.05) is 64.9 Å². The van der Waals surface area contributed by atoms with Gasteiger partial charge in [-0.3, -0.25) is 24.3 Å². The second-order valence-corrected chi connectivity index (χ2v) is 16.2. The Morgan fingerprint density at radius 2 is 1.33 bits per heavy atom. The molecule has 6 aliphatic heterocycles. The van der Waals surface area contributed by atoms with Gasteiger partial charge in [0.25, 0.3) is 11.8 Å². The van der Waals surface area contributed by atoms with E-state index in [1.165, 1.54) is 4.90 Å². The van der Waals surface area contributed by atoms with E-state index in [9.17, 15) is 25.1 Å². The van der Waals surface area contributed by atoms with Gasteiger partial charge in [-0.25, -0.2) is 0 Å². The Hall–Kier alpha value is -4.99. The number of aromatic hydroxyl groups is 2. The summed E-state index contributed by atoms with van der Waals surface area (Å²) >= 11 is 0. The minimum absolute atomic E-state index is 0.0589. The molecule has 0 aromatic heterocycles. The monoisotopic (exact) mass is 706 g/mol. The third-order valence-electron chi connectivity index (χ3n) is 12.2. The molecule has 0 aliphatic carbocycles. The van der Waals surface area contributed by atoms with E-state index in [1.807, 2.05) is 34.7 Å². The predicted octanol–water partition coefficient (Wildman–Crippen LogP) is 4.61. The van der Waals surface area contributed by atoms with Crippen molar-refractivity contribution in [3.05, 3.63) is 68.8 Å². The molecule has 6 heterocycles. The topological polar surface area (TPSA) is 145 Å². The van der Waals surface area contributed by atoms with Crippen molar-refractivity contribution in [2.24, 2.45) is 0 Å². The van der Waals surface area contributed by atoms with Crippen LogP contribution in [0.1, 0.15) is 93.9 Å². The number of ether oxygens (including phenoxy) is 4. The molecule has 2 amide bonds. The predicted molar refractivity (Wildman–Crippen MR) is 187 cm³/mol. The molecule has 270 valence electrons. The molecule has 2 bridgehead atoms. The molecule has 1 fully saturated rings. The Bertz CT molecular complexity index is 2140. The maximum absolute atomic E-state index is 13.9. The first kappa shape index (κ1) is 32.9. The molecule has 5 atom stereocenters. The standard InChI is InChI=1S/C40H42N4O8/c1-39(2)14-22-33(49-6)20-13-25-30-29-21(34(50-7)23-15-40(3,4)52-36(23)32(29)46)12-24(42(30)5)26(16-41)44(25)27(28(20)31(45)35(22)51-39)17-43-37(47)18-10-8-9-11-19(18)38(43)48/h8-11,24-27,30,45-46H,12-15,17H2,1-7H3/t24-,25-,26-,27-,30-/m0/s1. The second kappa shape index (κ2) is 10.8. The number of rotatable bonds is 4. The molecule has 12 nitrogen and oxygen atoms in total. The van der Waals surface area contributed by atoms with Crippen molar-refractivity contribution in [1.82, 2.24) is 14.7 Å². The minimum Gasteiger partial charge on any atom is -0.504 e. The lowest BCUT2D eigenvalue weighted by Gasteiger charge is -2.60. The van der Waals surface area contributed by atoms with Crippen LogP contribution in [0.25, 0.3) is 0 Å². The largest absolute Gasteiger partial charge is 0.504 e. The normalized spacial score (nSPS) is 27.3. The molecule has 0 radical (unpaired) electrons. The van der Waals surface area contributed by atoms with Crippen LogP contribution < -0.4 is 18.9 Å². The Morgan fingerprint density at radius 3 is 1.85 bits per heavy atom. The summed E-state index contributed by atoms with van der Waals surface area (Å²) in [6.07, 6.45) is 1.79. The van der Waals surface area contributed by atoms with Gasteiger partial charge in [0.1, 0.15) is 28.7 Å². The van der Waals surface area contributed by atoms with Crippen molar-refractivity contribution in [2.45, 2.75) is 94.8 Å².